The molecular weight excluding hydrogens is 264 g/mol. The molecule has 6 nitrogen and oxygen atoms in total. The van der Waals surface area contributed by atoms with Gasteiger partial charge in [0.1, 0.15) is 12.1 Å². The lowest BCUT2D eigenvalue weighted by molar-refractivity contribution is 0.283. The van der Waals surface area contributed by atoms with Gasteiger partial charge in [0, 0.05) is 31.4 Å². The molecule has 2 heterocycles. The highest BCUT2D eigenvalue weighted by Gasteiger charge is 2.24. The highest BCUT2D eigenvalue weighted by Crippen LogP contribution is 2.19. The molecule has 19 heavy (non-hydrogen) atoms. The maximum absolute atomic E-state index is 11.4. The second-order valence-electron chi connectivity index (χ2n) is 5.03. The highest BCUT2D eigenvalue weighted by molar-refractivity contribution is 7.88. The normalized spacial score (nSPS) is 18.4. The Morgan fingerprint density at radius 3 is 2.63 bits per heavy atom. The molecule has 0 spiro atoms. The zero-order valence-electron chi connectivity index (χ0n) is 11.3. The molecule has 0 bridgehead atoms. The van der Waals surface area contributed by atoms with E-state index in [2.05, 4.69) is 15.3 Å². The molecule has 106 valence electrons. The first-order chi connectivity index (χ1) is 8.95. The maximum Gasteiger partial charge on any atom is 0.211 e. The predicted molar refractivity (Wildman–Crippen MR) is 74.4 cm³/mol. The Balaban J connectivity index is 1.80. The minimum absolute atomic E-state index is 0.494. The summed E-state index contributed by atoms with van der Waals surface area (Å²) in [6.07, 6.45) is 4.60. The lowest BCUT2D eigenvalue weighted by atomic mass is 9.98. The summed E-state index contributed by atoms with van der Waals surface area (Å²) in [5.41, 5.74) is 0.935. The summed E-state index contributed by atoms with van der Waals surface area (Å²) in [4.78, 5) is 8.20. The summed E-state index contributed by atoms with van der Waals surface area (Å²) in [6.45, 7) is 3.99. The van der Waals surface area contributed by atoms with Crippen molar-refractivity contribution in [2.45, 2.75) is 19.8 Å². The molecule has 1 fully saturated rings. The van der Waals surface area contributed by atoms with Crippen molar-refractivity contribution >= 4 is 15.8 Å². The van der Waals surface area contributed by atoms with Crippen molar-refractivity contribution in [3.05, 3.63) is 18.1 Å². The number of hydrogen-bond donors (Lipinski definition) is 1. The van der Waals surface area contributed by atoms with Crippen LogP contribution in [0.1, 0.15) is 18.5 Å². The molecule has 0 unspecified atom stereocenters. The Labute approximate surface area is 114 Å². The van der Waals surface area contributed by atoms with Crippen LogP contribution in [0.15, 0.2) is 12.4 Å². The Morgan fingerprint density at radius 2 is 2.05 bits per heavy atom. The van der Waals surface area contributed by atoms with Crippen LogP contribution in [-0.4, -0.2) is 48.6 Å². The van der Waals surface area contributed by atoms with Gasteiger partial charge in [-0.25, -0.2) is 22.7 Å². The summed E-state index contributed by atoms with van der Waals surface area (Å²) in [7, 11) is -3.03. The van der Waals surface area contributed by atoms with E-state index in [1.54, 1.807) is 10.6 Å². The van der Waals surface area contributed by atoms with Crippen LogP contribution >= 0.6 is 0 Å². The molecule has 2 rings (SSSR count). The minimum Gasteiger partial charge on any atom is -0.370 e. The lowest BCUT2D eigenvalue weighted by Gasteiger charge is -2.30. The molecule has 0 amide bonds. The molecular formula is C12H20N4O2S. The van der Waals surface area contributed by atoms with Gasteiger partial charge in [0.05, 0.1) is 6.26 Å². The number of anilines is 1. The Kier molecular flexibility index (Phi) is 4.36. The van der Waals surface area contributed by atoms with Crippen LogP contribution in [0.5, 0.6) is 0 Å². The monoisotopic (exact) mass is 284 g/mol. The van der Waals surface area contributed by atoms with Crippen molar-refractivity contribution in [2.75, 3.05) is 31.2 Å². The van der Waals surface area contributed by atoms with Crippen LogP contribution in [0.4, 0.5) is 5.82 Å². The highest BCUT2D eigenvalue weighted by atomic mass is 32.2. The zero-order valence-corrected chi connectivity index (χ0v) is 12.2. The van der Waals surface area contributed by atoms with E-state index < -0.39 is 10.0 Å². The van der Waals surface area contributed by atoms with Crippen LogP contribution in [0.25, 0.3) is 0 Å². The summed E-state index contributed by atoms with van der Waals surface area (Å²) in [5, 5.41) is 3.29. The number of aryl methyl sites for hydroxylation is 1. The predicted octanol–water partition coefficient (Wildman–Crippen LogP) is 0.869. The summed E-state index contributed by atoms with van der Waals surface area (Å²) in [6, 6.07) is 1.91. The number of rotatable bonds is 4. The first-order valence-corrected chi connectivity index (χ1v) is 8.27. The number of nitrogens with zero attached hydrogens (tertiary/aromatic N) is 3. The SMILES string of the molecule is Cc1cc(NCC2CCN(S(C)(=O)=O)CC2)ncn1. The molecule has 0 aromatic carbocycles. The first-order valence-electron chi connectivity index (χ1n) is 6.43. The standard InChI is InChI=1S/C12H20N4O2S/c1-10-7-12(15-9-14-10)13-8-11-3-5-16(6-4-11)19(2,17)18/h7,9,11H,3-6,8H2,1-2H3,(H,13,14,15). The topological polar surface area (TPSA) is 75.2 Å². The van der Waals surface area contributed by atoms with Gasteiger partial charge in [-0.05, 0) is 25.7 Å². The number of hydrogen-bond acceptors (Lipinski definition) is 5. The second-order valence-corrected chi connectivity index (χ2v) is 7.01. The number of sulfonamides is 1. The van der Waals surface area contributed by atoms with E-state index in [4.69, 9.17) is 0 Å². The van der Waals surface area contributed by atoms with Gasteiger partial charge in [-0.2, -0.15) is 0 Å². The Bertz CT molecular complexity index is 524. The van der Waals surface area contributed by atoms with Crippen molar-refractivity contribution in [1.82, 2.24) is 14.3 Å². The number of piperidine rings is 1. The van der Waals surface area contributed by atoms with Gasteiger partial charge >= 0.3 is 0 Å². The van der Waals surface area contributed by atoms with Crippen molar-refractivity contribution in [1.29, 1.82) is 0 Å². The van der Waals surface area contributed by atoms with Crippen molar-refractivity contribution in [2.24, 2.45) is 5.92 Å². The smallest absolute Gasteiger partial charge is 0.211 e. The van der Waals surface area contributed by atoms with Gasteiger partial charge in [0.2, 0.25) is 10.0 Å². The third-order valence-electron chi connectivity index (χ3n) is 3.42. The van der Waals surface area contributed by atoms with Gasteiger partial charge in [-0.3, -0.25) is 0 Å². The molecule has 1 saturated heterocycles. The zero-order chi connectivity index (χ0) is 13.9. The molecule has 0 saturated carbocycles. The van der Waals surface area contributed by atoms with E-state index in [9.17, 15) is 8.42 Å². The molecule has 1 N–H and O–H groups in total. The quantitative estimate of drug-likeness (QED) is 0.888. The third kappa shape index (κ3) is 4.14. The van der Waals surface area contributed by atoms with E-state index >= 15 is 0 Å². The van der Waals surface area contributed by atoms with E-state index in [0.29, 0.717) is 19.0 Å². The average Bonchev–Trinajstić information content (AvgIpc) is 2.36. The second kappa shape index (κ2) is 5.83. The van der Waals surface area contributed by atoms with E-state index in [-0.39, 0.29) is 0 Å². The average molecular weight is 284 g/mol. The molecule has 0 atom stereocenters. The van der Waals surface area contributed by atoms with Crippen molar-refractivity contribution in [3.8, 4) is 0 Å². The number of aromatic nitrogens is 2. The molecule has 1 aromatic heterocycles. The lowest BCUT2D eigenvalue weighted by Crippen LogP contribution is -2.39. The maximum atomic E-state index is 11.4. The van der Waals surface area contributed by atoms with Crippen LogP contribution in [0.3, 0.4) is 0 Å². The van der Waals surface area contributed by atoms with E-state index in [1.807, 2.05) is 13.0 Å². The molecule has 0 radical (unpaired) electrons. The molecule has 1 aliphatic heterocycles. The minimum atomic E-state index is -3.03. The van der Waals surface area contributed by atoms with Gasteiger partial charge in [-0.15, -0.1) is 0 Å². The summed E-state index contributed by atoms with van der Waals surface area (Å²) >= 11 is 0. The van der Waals surface area contributed by atoms with Crippen LogP contribution in [-0.2, 0) is 10.0 Å². The van der Waals surface area contributed by atoms with Gasteiger partial charge in [0.25, 0.3) is 0 Å². The van der Waals surface area contributed by atoms with E-state index in [1.165, 1.54) is 6.26 Å². The fourth-order valence-corrected chi connectivity index (χ4v) is 3.12. The number of nitrogens with one attached hydrogen (secondary N) is 1. The third-order valence-corrected chi connectivity index (χ3v) is 4.72. The molecule has 1 aromatic rings. The van der Waals surface area contributed by atoms with Crippen LogP contribution in [0, 0.1) is 12.8 Å². The summed E-state index contributed by atoms with van der Waals surface area (Å²) < 4.78 is 24.4. The fraction of sp³-hybridized carbons (Fsp3) is 0.667. The Hall–Kier alpha value is -1.21. The van der Waals surface area contributed by atoms with Crippen LogP contribution < -0.4 is 5.32 Å². The van der Waals surface area contributed by atoms with Gasteiger partial charge in [0.15, 0.2) is 0 Å². The Morgan fingerprint density at radius 1 is 1.37 bits per heavy atom. The van der Waals surface area contributed by atoms with Crippen molar-refractivity contribution in [3.63, 3.8) is 0 Å². The van der Waals surface area contributed by atoms with Crippen molar-refractivity contribution < 1.29 is 8.42 Å². The van der Waals surface area contributed by atoms with Gasteiger partial charge in [-0.1, -0.05) is 0 Å². The largest absolute Gasteiger partial charge is 0.370 e. The molecule has 0 aliphatic carbocycles. The first kappa shape index (κ1) is 14.2. The molecule has 1 aliphatic rings. The van der Waals surface area contributed by atoms with Crippen LogP contribution in [0.2, 0.25) is 0 Å². The van der Waals surface area contributed by atoms with Gasteiger partial charge < -0.3 is 5.32 Å². The van der Waals surface area contributed by atoms with E-state index in [0.717, 1.165) is 30.9 Å². The molecule has 7 heteroatoms. The summed E-state index contributed by atoms with van der Waals surface area (Å²) in [5.74, 6) is 1.33. The fourth-order valence-electron chi connectivity index (χ4n) is 2.25.